The lowest BCUT2D eigenvalue weighted by Crippen LogP contribution is -2.36. The van der Waals surface area contributed by atoms with E-state index in [0.717, 1.165) is 5.75 Å². The smallest absolute Gasteiger partial charge is 0.191 e. The van der Waals surface area contributed by atoms with E-state index < -0.39 is 0 Å². The molecule has 1 aromatic rings. The molecule has 0 unspecified atom stereocenters. The fraction of sp³-hybridized carbons (Fsp3) is 0.500. The summed E-state index contributed by atoms with van der Waals surface area (Å²) in [5.74, 6) is 1.50. The third kappa shape index (κ3) is 3.65. The lowest BCUT2D eigenvalue weighted by Gasteiger charge is -2.16. The Morgan fingerprint density at radius 1 is 1.50 bits per heavy atom. The molecule has 4 nitrogen and oxygen atoms in total. The van der Waals surface area contributed by atoms with Gasteiger partial charge in [-0.2, -0.15) is 0 Å². The first-order valence-corrected chi connectivity index (χ1v) is 6.39. The number of nitrogens with two attached hydrogens (primary N) is 1. The molecule has 98 valence electrons. The van der Waals surface area contributed by atoms with E-state index in [4.69, 9.17) is 10.5 Å². The van der Waals surface area contributed by atoms with Gasteiger partial charge in [-0.25, -0.2) is 4.99 Å². The van der Waals surface area contributed by atoms with Crippen molar-refractivity contribution in [1.82, 2.24) is 4.90 Å². The van der Waals surface area contributed by atoms with E-state index in [1.807, 2.05) is 43.1 Å². The zero-order valence-corrected chi connectivity index (χ0v) is 11.1. The maximum Gasteiger partial charge on any atom is 0.191 e. The molecule has 0 radical (unpaired) electrons. The molecule has 1 aliphatic rings. The zero-order chi connectivity index (χ0) is 13.0. The Morgan fingerprint density at radius 3 is 2.94 bits per heavy atom. The van der Waals surface area contributed by atoms with Gasteiger partial charge in [0.15, 0.2) is 5.96 Å². The summed E-state index contributed by atoms with van der Waals surface area (Å²) >= 11 is 0. The minimum Gasteiger partial charge on any atom is -0.492 e. The second kappa shape index (κ2) is 5.76. The number of aliphatic imine (C=N–C) groups is 1. The van der Waals surface area contributed by atoms with E-state index in [-0.39, 0.29) is 0 Å². The van der Waals surface area contributed by atoms with Crippen LogP contribution in [0.1, 0.15) is 18.4 Å². The van der Waals surface area contributed by atoms with Crippen LogP contribution in [-0.4, -0.2) is 37.1 Å². The molecule has 2 N–H and O–H groups in total. The summed E-state index contributed by atoms with van der Waals surface area (Å²) in [5.41, 5.74) is 7.08. The highest BCUT2D eigenvalue weighted by molar-refractivity contribution is 5.78. The van der Waals surface area contributed by atoms with Crippen LogP contribution < -0.4 is 10.5 Å². The summed E-state index contributed by atoms with van der Waals surface area (Å²) in [7, 11) is 2.00. The number of nitrogens with zero attached hydrogens (tertiary/aromatic N) is 2. The molecule has 4 heteroatoms. The Morgan fingerprint density at radius 2 is 2.28 bits per heavy atom. The average Bonchev–Trinajstić information content (AvgIpc) is 3.17. The molecule has 1 aromatic carbocycles. The maximum atomic E-state index is 5.88. The molecule has 0 saturated heterocycles. The van der Waals surface area contributed by atoms with Gasteiger partial charge < -0.3 is 15.4 Å². The second-order valence-electron chi connectivity index (χ2n) is 4.75. The third-order valence-corrected chi connectivity index (χ3v) is 3.08. The topological polar surface area (TPSA) is 50.9 Å². The Bertz CT molecular complexity index is 427. The quantitative estimate of drug-likeness (QED) is 0.490. The molecule has 1 saturated carbocycles. The van der Waals surface area contributed by atoms with Crippen LogP contribution in [0.25, 0.3) is 0 Å². The lowest BCUT2D eigenvalue weighted by atomic mass is 10.2. The maximum absolute atomic E-state index is 5.88. The summed E-state index contributed by atoms with van der Waals surface area (Å²) in [6, 6.07) is 8.61. The molecule has 0 atom stereocenters. The van der Waals surface area contributed by atoms with E-state index in [2.05, 4.69) is 4.99 Å². The highest BCUT2D eigenvalue weighted by Crippen LogP contribution is 2.24. The number of hydrogen-bond donors (Lipinski definition) is 1. The number of guanidine groups is 1. The minimum atomic E-state index is 0.558. The van der Waals surface area contributed by atoms with E-state index in [9.17, 15) is 0 Å². The predicted octanol–water partition coefficient (Wildman–Crippen LogP) is 1.78. The standard InChI is InChI=1S/C14H21N3O/c1-11-4-3-5-13(10-11)18-9-8-16-14(15)17(2)12-6-7-12/h3-5,10,12H,6-9H2,1-2H3,(H2,15,16). The van der Waals surface area contributed by atoms with Crippen molar-refractivity contribution in [3.63, 3.8) is 0 Å². The van der Waals surface area contributed by atoms with Crippen LogP contribution in [0, 0.1) is 6.92 Å². The van der Waals surface area contributed by atoms with Gasteiger partial charge in [-0.05, 0) is 37.5 Å². The highest BCUT2D eigenvalue weighted by Gasteiger charge is 2.27. The molecule has 0 aliphatic heterocycles. The SMILES string of the molecule is Cc1cccc(OCCN=C(N)N(C)C2CC2)c1. The Labute approximate surface area is 108 Å². The number of rotatable bonds is 5. The van der Waals surface area contributed by atoms with Crippen LogP contribution >= 0.6 is 0 Å². The lowest BCUT2D eigenvalue weighted by molar-refractivity contribution is 0.327. The molecule has 2 rings (SSSR count). The van der Waals surface area contributed by atoms with Crippen LogP contribution in [0.2, 0.25) is 0 Å². The van der Waals surface area contributed by atoms with Crippen molar-refractivity contribution in [2.45, 2.75) is 25.8 Å². The normalized spacial score (nSPS) is 15.6. The van der Waals surface area contributed by atoms with Crippen LogP contribution in [0.15, 0.2) is 29.3 Å². The van der Waals surface area contributed by atoms with E-state index >= 15 is 0 Å². The first-order chi connectivity index (χ1) is 8.66. The van der Waals surface area contributed by atoms with Gasteiger partial charge in [0.25, 0.3) is 0 Å². The molecule has 0 aromatic heterocycles. The number of benzene rings is 1. The largest absolute Gasteiger partial charge is 0.492 e. The third-order valence-electron chi connectivity index (χ3n) is 3.08. The summed E-state index contributed by atoms with van der Waals surface area (Å²) in [4.78, 5) is 6.37. The Kier molecular flexibility index (Phi) is 4.07. The monoisotopic (exact) mass is 247 g/mol. The summed E-state index contributed by atoms with van der Waals surface area (Å²) in [6.07, 6.45) is 2.46. The Hall–Kier alpha value is -1.71. The second-order valence-corrected chi connectivity index (χ2v) is 4.75. The van der Waals surface area contributed by atoms with Crippen molar-refractivity contribution >= 4 is 5.96 Å². The molecule has 0 spiro atoms. The van der Waals surface area contributed by atoms with Gasteiger partial charge in [0.05, 0.1) is 6.54 Å². The first kappa shape index (κ1) is 12.7. The molecule has 0 amide bonds. The predicted molar refractivity (Wildman–Crippen MR) is 73.9 cm³/mol. The van der Waals surface area contributed by atoms with Crippen molar-refractivity contribution in [3.8, 4) is 5.75 Å². The van der Waals surface area contributed by atoms with E-state index in [1.165, 1.54) is 18.4 Å². The summed E-state index contributed by atoms with van der Waals surface area (Å²) in [6.45, 7) is 3.20. The van der Waals surface area contributed by atoms with Crippen LogP contribution in [-0.2, 0) is 0 Å². The number of hydrogen-bond acceptors (Lipinski definition) is 2. The summed E-state index contributed by atoms with van der Waals surface area (Å²) < 4.78 is 5.61. The fourth-order valence-electron chi connectivity index (χ4n) is 1.79. The van der Waals surface area contributed by atoms with Gasteiger partial charge in [0, 0.05) is 13.1 Å². The fourth-order valence-corrected chi connectivity index (χ4v) is 1.79. The molecule has 0 bridgehead atoms. The van der Waals surface area contributed by atoms with Crippen molar-refractivity contribution in [3.05, 3.63) is 29.8 Å². The van der Waals surface area contributed by atoms with Gasteiger partial charge in [0.1, 0.15) is 12.4 Å². The molecule has 1 fully saturated rings. The molecule has 0 heterocycles. The molecule has 1 aliphatic carbocycles. The van der Waals surface area contributed by atoms with Gasteiger partial charge >= 0.3 is 0 Å². The average molecular weight is 247 g/mol. The highest BCUT2D eigenvalue weighted by atomic mass is 16.5. The number of aryl methyl sites for hydroxylation is 1. The number of ether oxygens (including phenoxy) is 1. The van der Waals surface area contributed by atoms with Gasteiger partial charge in [-0.3, -0.25) is 0 Å². The van der Waals surface area contributed by atoms with Crippen molar-refractivity contribution < 1.29 is 4.74 Å². The van der Waals surface area contributed by atoms with Crippen molar-refractivity contribution in [2.75, 3.05) is 20.2 Å². The van der Waals surface area contributed by atoms with E-state index in [1.54, 1.807) is 0 Å². The van der Waals surface area contributed by atoms with E-state index in [0.29, 0.717) is 25.2 Å². The zero-order valence-electron chi connectivity index (χ0n) is 11.1. The molecular formula is C14H21N3O. The van der Waals surface area contributed by atoms with Gasteiger partial charge in [-0.15, -0.1) is 0 Å². The van der Waals surface area contributed by atoms with Crippen LogP contribution in [0.3, 0.4) is 0 Å². The van der Waals surface area contributed by atoms with Crippen molar-refractivity contribution in [1.29, 1.82) is 0 Å². The minimum absolute atomic E-state index is 0.558. The van der Waals surface area contributed by atoms with Gasteiger partial charge in [-0.1, -0.05) is 12.1 Å². The van der Waals surface area contributed by atoms with Crippen LogP contribution in [0.5, 0.6) is 5.75 Å². The molecule has 18 heavy (non-hydrogen) atoms. The first-order valence-electron chi connectivity index (χ1n) is 6.39. The molecular weight excluding hydrogens is 226 g/mol. The van der Waals surface area contributed by atoms with Crippen molar-refractivity contribution in [2.24, 2.45) is 10.7 Å². The van der Waals surface area contributed by atoms with Crippen LogP contribution in [0.4, 0.5) is 0 Å². The Balaban J connectivity index is 1.73. The van der Waals surface area contributed by atoms with Gasteiger partial charge in [0.2, 0.25) is 0 Å². The summed E-state index contributed by atoms with van der Waals surface area (Å²) in [5, 5.41) is 0.